The second-order valence-electron chi connectivity index (χ2n) is 6.16. The van der Waals surface area contributed by atoms with Crippen LogP contribution in [0, 0.1) is 0 Å². The fourth-order valence-corrected chi connectivity index (χ4v) is 3.85. The predicted octanol–water partition coefficient (Wildman–Crippen LogP) is 5.06. The number of carbonyl (C=O) groups excluding carboxylic acids is 1. The Labute approximate surface area is 168 Å². The molecule has 0 saturated heterocycles. The molecule has 1 aromatic heterocycles. The summed E-state index contributed by atoms with van der Waals surface area (Å²) in [5, 5.41) is 2.68. The summed E-state index contributed by atoms with van der Waals surface area (Å²) in [6.45, 7) is 2.12. The van der Waals surface area contributed by atoms with Crippen LogP contribution in [0.5, 0.6) is 11.5 Å². The normalized spacial score (nSPS) is 11.7. The summed E-state index contributed by atoms with van der Waals surface area (Å²) in [5.41, 5.74) is 2.52. The van der Waals surface area contributed by atoms with Crippen molar-refractivity contribution < 1.29 is 19.0 Å². The van der Waals surface area contributed by atoms with Crippen LogP contribution >= 0.6 is 11.3 Å². The smallest absolute Gasteiger partial charge is 0.313 e. The van der Waals surface area contributed by atoms with Gasteiger partial charge in [0.2, 0.25) is 0 Å². The molecule has 0 aliphatic carbocycles. The van der Waals surface area contributed by atoms with Gasteiger partial charge in [0, 0.05) is 5.38 Å². The number of rotatable bonds is 8. The van der Waals surface area contributed by atoms with Crippen molar-refractivity contribution in [1.29, 1.82) is 0 Å². The Morgan fingerprint density at radius 2 is 1.86 bits per heavy atom. The average molecular weight is 397 g/mol. The number of para-hydroxylation sites is 1. The Morgan fingerprint density at radius 3 is 2.54 bits per heavy atom. The number of methoxy groups -OCH3 is 2. The van der Waals surface area contributed by atoms with Crippen LogP contribution in [-0.4, -0.2) is 25.2 Å². The first kappa shape index (κ1) is 19.9. The van der Waals surface area contributed by atoms with E-state index in [0.717, 1.165) is 16.1 Å². The second kappa shape index (κ2) is 9.37. The lowest BCUT2D eigenvalue weighted by atomic mass is 9.97. The summed E-state index contributed by atoms with van der Waals surface area (Å²) in [4.78, 5) is 17.1. The summed E-state index contributed by atoms with van der Waals surface area (Å²) >= 11 is 1.48. The van der Waals surface area contributed by atoms with Crippen LogP contribution in [-0.2, 0) is 16.1 Å². The maximum absolute atomic E-state index is 12.5. The molecule has 146 valence electrons. The molecule has 0 amide bonds. The summed E-state index contributed by atoms with van der Waals surface area (Å²) in [5.74, 6) is 0.787. The molecule has 0 radical (unpaired) electrons. The molecule has 0 fully saturated rings. The Balaban J connectivity index is 1.71. The van der Waals surface area contributed by atoms with E-state index < -0.39 is 0 Å². The molecule has 1 atom stereocenters. The summed E-state index contributed by atoms with van der Waals surface area (Å²) < 4.78 is 16.4. The zero-order chi connectivity index (χ0) is 19.9. The van der Waals surface area contributed by atoms with Crippen molar-refractivity contribution in [3.05, 3.63) is 65.2 Å². The van der Waals surface area contributed by atoms with Crippen molar-refractivity contribution >= 4 is 17.3 Å². The molecule has 5 nitrogen and oxygen atoms in total. The van der Waals surface area contributed by atoms with Gasteiger partial charge in [-0.3, -0.25) is 4.79 Å². The van der Waals surface area contributed by atoms with Gasteiger partial charge in [-0.05, 0) is 24.1 Å². The molecule has 3 rings (SSSR count). The number of ether oxygens (including phenoxy) is 3. The van der Waals surface area contributed by atoms with Crippen molar-refractivity contribution in [2.45, 2.75) is 25.9 Å². The third-order valence-corrected chi connectivity index (χ3v) is 5.37. The highest BCUT2D eigenvalue weighted by atomic mass is 32.1. The molecular weight excluding hydrogens is 374 g/mol. The average Bonchev–Trinajstić information content (AvgIpc) is 3.21. The van der Waals surface area contributed by atoms with Crippen molar-refractivity contribution in [2.75, 3.05) is 14.2 Å². The zero-order valence-electron chi connectivity index (χ0n) is 16.2. The summed E-state index contributed by atoms with van der Waals surface area (Å²) in [6, 6.07) is 15.4. The monoisotopic (exact) mass is 397 g/mol. The number of nitrogens with zero attached hydrogens (tertiary/aromatic N) is 1. The Morgan fingerprint density at radius 1 is 1.07 bits per heavy atom. The van der Waals surface area contributed by atoms with Crippen LogP contribution < -0.4 is 9.47 Å². The van der Waals surface area contributed by atoms with E-state index in [2.05, 4.69) is 4.98 Å². The number of hydrogen-bond acceptors (Lipinski definition) is 6. The zero-order valence-corrected chi connectivity index (χ0v) is 17.0. The van der Waals surface area contributed by atoms with Crippen LogP contribution in [0.1, 0.15) is 30.5 Å². The minimum atomic E-state index is -0.266. The van der Waals surface area contributed by atoms with Gasteiger partial charge in [0.15, 0.2) is 11.5 Å². The third kappa shape index (κ3) is 4.34. The topological polar surface area (TPSA) is 57.7 Å². The molecule has 1 heterocycles. The lowest BCUT2D eigenvalue weighted by molar-refractivity contribution is -0.147. The van der Waals surface area contributed by atoms with Gasteiger partial charge in [0.05, 0.1) is 31.4 Å². The van der Waals surface area contributed by atoms with Crippen molar-refractivity contribution in [3.8, 4) is 22.1 Å². The van der Waals surface area contributed by atoms with E-state index in [1.165, 1.54) is 11.3 Å². The minimum Gasteiger partial charge on any atom is -0.493 e. The minimum absolute atomic E-state index is 0.144. The first-order valence-electron chi connectivity index (χ1n) is 9.05. The van der Waals surface area contributed by atoms with Gasteiger partial charge in [-0.1, -0.05) is 43.3 Å². The predicted molar refractivity (Wildman–Crippen MR) is 110 cm³/mol. The quantitative estimate of drug-likeness (QED) is 0.497. The maximum Gasteiger partial charge on any atom is 0.313 e. The lowest BCUT2D eigenvalue weighted by Crippen LogP contribution is -2.15. The highest BCUT2D eigenvalue weighted by Crippen LogP contribution is 2.39. The van der Waals surface area contributed by atoms with Crippen LogP contribution in [0.2, 0.25) is 0 Å². The number of aromatic nitrogens is 1. The fourth-order valence-electron chi connectivity index (χ4n) is 3.02. The number of esters is 1. The molecule has 2 aromatic carbocycles. The van der Waals surface area contributed by atoms with Gasteiger partial charge in [0.25, 0.3) is 0 Å². The summed E-state index contributed by atoms with van der Waals surface area (Å²) in [7, 11) is 3.21. The van der Waals surface area contributed by atoms with E-state index in [-0.39, 0.29) is 18.5 Å². The SMILES string of the molecule is CCC(C(=O)OCc1csc(-c2cccc(OC)c2OC)n1)c1ccccc1. The highest BCUT2D eigenvalue weighted by Gasteiger charge is 2.21. The first-order chi connectivity index (χ1) is 13.7. The van der Waals surface area contributed by atoms with Crippen LogP contribution in [0.4, 0.5) is 0 Å². The van der Waals surface area contributed by atoms with Gasteiger partial charge >= 0.3 is 5.97 Å². The fraction of sp³-hybridized carbons (Fsp3) is 0.273. The molecular formula is C22H23NO4S. The molecule has 28 heavy (non-hydrogen) atoms. The van der Waals surface area contributed by atoms with Gasteiger partial charge in [-0.2, -0.15) is 0 Å². The molecule has 3 aromatic rings. The number of benzene rings is 2. The van der Waals surface area contributed by atoms with Crippen molar-refractivity contribution in [3.63, 3.8) is 0 Å². The molecule has 0 aliphatic heterocycles. The van der Waals surface area contributed by atoms with Crippen LogP contribution in [0.15, 0.2) is 53.9 Å². The van der Waals surface area contributed by atoms with E-state index >= 15 is 0 Å². The van der Waals surface area contributed by atoms with Gasteiger partial charge in [-0.25, -0.2) is 4.98 Å². The second-order valence-corrected chi connectivity index (χ2v) is 7.02. The molecule has 0 bridgehead atoms. The third-order valence-electron chi connectivity index (χ3n) is 4.44. The summed E-state index contributed by atoms with van der Waals surface area (Å²) in [6.07, 6.45) is 0.687. The van der Waals surface area contributed by atoms with Gasteiger partial charge < -0.3 is 14.2 Å². The van der Waals surface area contributed by atoms with E-state index in [1.807, 2.05) is 60.8 Å². The van der Waals surface area contributed by atoms with E-state index in [4.69, 9.17) is 14.2 Å². The van der Waals surface area contributed by atoms with E-state index in [0.29, 0.717) is 23.6 Å². The Kier molecular flexibility index (Phi) is 6.66. The van der Waals surface area contributed by atoms with Gasteiger partial charge in [-0.15, -0.1) is 11.3 Å². The highest BCUT2D eigenvalue weighted by molar-refractivity contribution is 7.13. The molecule has 1 unspecified atom stereocenters. The van der Waals surface area contributed by atoms with E-state index in [1.54, 1.807) is 14.2 Å². The molecule has 6 heteroatoms. The standard InChI is InChI=1S/C22H23NO4S/c1-4-17(15-9-6-5-7-10-15)22(24)27-13-16-14-28-21(23-16)18-11-8-12-19(25-2)20(18)26-3/h5-12,14,17H,4,13H2,1-3H3. The van der Waals surface area contributed by atoms with Crippen LogP contribution in [0.25, 0.3) is 10.6 Å². The van der Waals surface area contributed by atoms with Crippen molar-refractivity contribution in [2.24, 2.45) is 0 Å². The molecule has 0 spiro atoms. The first-order valence-corrected chi connectivity index (χ1v) is 9.93. The van der Waals surface area contributed by atoms with Crippen molar-refractivity contribution in [1.82, 2.24) is 4.98 Å². The Bertz CT molecular complexity index is 923. The molecule has 0 N–H and O–H groups in total. The molecule has 0 saturated carbocycles. The van der Waals surface area contributed by atoms with Gasteiger partial charge in [0.1, 0.15) is 11.6 Å². The van der Waals surface area contributed by atoms with Crippen LogP contribution in [0.3, 0.4) is 0 Å². The molecule has 0 aliphatic rings. The number of carbonyl (C=O) groups is 1. The largest absolute Gasteiger partial charge is 0.493 e. The number of thiazole rings is 1. The maximum atomic E-state index is 12.5. The lowest BCUT2D eigenvalue weighted by Gasteiger charge is -2.14. The Hall–Kier alpha value is -2.86. The van der Waals surface area contributed by atoms with E-state index in [9.17, 15) is 4.79 Å². The number of hydrogen-bond donors (Lipinski definition) is 0.